The molecular weight excluding hydrogens is 322 g/mol. The number of anilines is 1. The van der Waals surface area contributed by atoms with Crippen LogP contribution in [0.25, 0.3) is 0 Å². The SMILES string of the molecule is COc1ccc(COC(=O)c2cc(N)cc(Br)c2)cc1. The van der Waals surface area contributed by atoms with Crippen molar-refractivity contribution in [3.63, 3.8) is 0 Å². The fraction of sp³-hybridized carbons (Fsp3) is 0.133. The molecule has 2 aromatic rings. The van der Waals surface area contributed by atoms with E-state index in [4.69, 9.17) is 15.2 Å². The lowest BCUT2D eigenvalue weighted by atomic mass is 10.2. The quantitative estimate of drug-likeness (QED) is 0.687. The number of halogens is 1. The molecule has 0 radical (unpaired) electrons. The second-order valence-electron chi connectivity index (χ2n) is 4.20. The van der Waals surface area contributed by atoms with Gasteiger partial charge in [0.05, 0.1) is 12.7 Å². The molecule has 0 aliphatic heterocycles. The Morgan fingerprint density at radius 1 is 1.20 bits per heavy atom. The Balaban J connectivity index is 2.00. The highest BCUT2D eigenvalue weighted by molar-refractivity contribution is 9.10. The van der Waals surface area contributed by atoms with Gasteiger partial charge in [0, 0.05) is 10.2 Å². The van der Waals surface area contributed by atoms with E-state index < -0.39 is 5.97 Å². The summed E-state index contributed by atoms with van der Waals surface area (Å²) in [5.41, 5.74) is 7.51. The number of carbonyl (C=O) groups is 1. The summed E-state index contributed by atoms with van der Waals surface area (Å²) in [6.45, 7) is 0.204. The molecule has 104 valence electrons. The number of methoxy groups -OCH3 is 1. The number of benzene rings is 2. The van der Waals surface area contributed by atoms with Crippen molar-refractivity contribution in [2.45, 2.75) is 6.61 Å². The van der Waals surface area contributed by atoms with Crippen LogP contribution < -0.4 is 10.5 Å². The standard InChI is InChI=1S/C15H14BrNO3/c1-19-14-4-2-10(3-5-14)9-20-15(18)11-6-12(16)8-13(17)7-11/h2-8H,9,17H2,1H3. The Hall–Kier alpha value is -2.01. The molecule has 2 N–H and O–H groups in total. The van der Waals surface area contributed by atoms with Crippen LogP contribution in [0.3, 0.4) is 0 Å². The summed E-state index contributed by atoms with van der Waals surface area (Å²) >= 11 is 3.29. The van der Waals surface area contributed by atoms with Gasteiger partial charge in [-0.2, -0.15) is 0 Å². The number of nitrogen functional groups attached to an aromatic ring is 1. The lowest BCUT2D eigenvalue weighted by Gasteiger charge is -2.07. The van der Waals surface area contributed by atoms with Gasteiger partial charge in [-0.1, -0.05) is 28.1 Å². The zero-order chi connectivity index (χ0) is 14.5. The normalized spacial score (nSPS) is 10.1. The average molecular weight is 336 g/mol. The average Bonchev–Trinajstić information content (AvgIpc) is 2.44. The Bertz CT molecular complexity index is 591. The Morgan fingerprint density at radius 2 is 1.90 bits per heavy atom. The van der Waals surface area contributed by atoms with Crippen molar-refractivity contribution in [3.8, 4) is 5.75 Å². The summed E-state index contributed by atoms with van der Waals surface area (Å²) in [6.07, 6.45) is 0. The van der Waals surface area contributed by atoms with Crippen LogP contribution in [0.5, 0.6) is 5.75 Å². The van der Waals surface area contributed by atoms with E-state index in [-0.39, 0.29) is 6.61 Å². The van der Waals surface area contributed by atoms with E-state index in [0.29, 0.717) is 11.3 Å². The van der Waals surface area contributed by atoms with E-state index in [1.807, 2.05) is 24.3 Å². The molecule has 0 amide bonds. The predicted octanol–water partition coefficient (Wildman–Crippen LogP) is 3.40. The van der Waals surface area contributed by atoms with Crippen LogP contribution in [0.2, 0.25) is 0 Å². The minimum Gasteiger partial charge on any atom is -0.497 e. The van der Waals surface area contributed by atoms with Gasteiger partial charge in [-0.3, -0.25) is 0 Å². The van der Waals surface area contributed by atoms with Crippen LogP contribution in [0.15, 0.2) is 46.9 Å². The van der Waals surface area contributed by atoms with Gasteiger partial charge in [-0.05, 0) is 35.9 Å². The summed E-state index contributed by atoms with van der Waals surface area (Å²) in [6, 6.07) is 12.3. The van der Waals surface area contributed by atoms with Gasteiger partial charge in [-0.15, -0.1) is 0 Å². The smallest absolute Gasteiger partial charge is 0.338 e. The first-order chi connectivity index (χ1) is 9.58. The monoisotopic (exact) mass is 335 g/mol. The molecule has 0 saturated heterocycles. The minimum atomic E-state index is -0.409. The number of hydrogen-bond acceptors (Lipinski definition) is 4. The lowest BCUT2D eigenvalue weighted by molar-refractivity contribution is 0.0472. The lowest BCUT2D eigenvalue weighted by Crippen LogP contribution is -2.06. The van der Waals surface area contributed by atoms with Gasteiger partial charge in [0.1, 0.15) is 12.4 Å². The number of esters is 1. The summed E-state index contributed by atoms with van der Waals surface area (Å²) < 4.78 is 11.0. The molecule has 0 saturated carbocycles. The second kappa shape index (κ2) is 6.43. The van der Waals surface area contributed by atoms with Crippen LogP contribution in [0.1, 0.15) is 15.9 Å². The number of hydrogen-bond donors (Lipinski definition) is 1. The molecule has 20 heavy (non-hydrogen) atoms. The number of carbonyl (C=O) groups excluding carboxylic acids is 1. The highest BCUT2D eigenvalue weighted by Crippen LogP contribution is 2.18. The van der Waals surface area contributed by atoms with Crippen molar-refractivity contribution >= 4 is 27.6 Å². The van der Waals surface area contributed by atoms with Crippen molar-refractivity contribution in [2.24, 2.45) is 0 Å². The van der Waals surface area contributed by atoms with Crippen LogP contribution in [0.4, 0.5) is 5.69 Å². The fourth-order valence-electron chi connectivity index (χ4n) is 1.68. The predicted molar refractivity (Wildman–Crippen MR) is 80.7 cm³/mol. The van der Waals surface area contributed by atoms with Crippen LogP contribution in [0, 0.1) is 0 Å². The van der Waals surface area contributed by atoms with E-state index in [0.717, 1.165) is 15.8 Å². The zero-order valence-corrected chi connectivity index (χ0v) is 12.5. The summed E-state index contributed by atoms with van der Waals surface area (Å²) in [7, 11) is 1.60. The molecule has 0 atom stereocenters. The van der Waals surface area contributed by atoms with Crippen molar-refractivity contribution in [1.29, 1.82) is 0 Å². The summed E-state index contributed by atoms with van der Waals surface area (Å²) in [5.74, 6) is 0.355. The maximum atomic E-state index is 11.9. The van der Waals surface area contributed by atoms with Crippen molar-refractivity contribution in [2.75, 3.05) is 12.8 Å². The van der Waals surface area contributed by atoms with Crippen molar-refractivity contribution in [1.82, 2.24) is 0 Å². The molecule has 0 fully saturated rings. The highest BCUT2D eigenvalue weighted by Gasteiger charge is 2.09. The van der Waals surface area contributed by atoms with Crippen LogP contribution in [-0.4, -0.2) is 13.1 Å². The third-order valence-corrected chi connectivity index (χ3v) is 3.14. The minimum absolute atomic E-state index is 0.204. The molecule has 0 heterocycles. The van der Waals surface area contributed by atoms with Gasteiger partial charge in [-0.25, -0.2) is 4.79 Å². The van der Waals surface area contributed by atoms with E-state index in [9.17, 15) is 4.79 Å². The third-order valence-electron chi connectivity index (χ3n) is 2.68. The third kappa shape index (κ3) is 3.74. The van der Waals surface area contributed by atoms with E-state index in [1.165, 1.54) is 0 Å². The van der Waals surface area contributed by atoms with E-state index in [1.54, 1.807) is 25.3 Å². The van der Waals surface area contributed by atoms with E-state index >= 15 is 0 Å². The van der Waals surface area contributed by atoms with Crippen LogP contribution >= 0.6 is 15.9 Å². The molecule has 2 rings (SSSR count). The van der Waals surface area contributed by atoms with E-state index in [2.05, 4.69) is 15.9 Å². The largest absolute Gasteiger partial charge is 0.497 e. The molecule has 0 bridgehead atoms. The first-order valence-corrected chi connectivity index (χ1v) is 6.74. The van der Waals surface area contributed by atoms with Gasteiger partial charge in [0.2, 0.25) is 0 Å². The van der Waals surface area contributed by atoms with Gasteiger partial charge < -0.3 is 15.2 Å². The van der Waals surface area contributed by atoms with Crippen molar-refractivity contribution < 1.29 is 14.3 Å². The molecule has 0 aromatic heterocycles. The number of ether oxygens (including phenoxy) is 2. The molecule has 5 heteroatoms. The maximum absolute atomic E-state index is 11.9. The molecule has 4 nitrogen and oxygen atoms in total. The Kier molecular flexibility index (Phi) is 4.63. The number of rotatable bonds is 4. The first kappa shape index (κ1) is 14.4. The van der Waals surface area contributed by atoms with Gasteiger partial charge >= 0.3 is 5.97 Å². The zero-order valence-electron chi connectivity index (χ0n) is 10.9. The topological polar surface area (TPSA) is 61.5 Å². The summed E-state index contributed by atoms with van der Waals surface area (Å²) in [4.78, 5) is 11.9. The van der Waals surface area contributed by atoms with Gasteiger partial charge in [0.25, 0.3) is 0 Å². The molecule has 0 spiro atoms. The Morgan fingerprint density at radius 3 is 2.50 bits per heavy atom. The fourth-order valence-corrected chi connectivity index (χ4v) is 2.20. The van der Waals surface area contributed by atoms with Gasteiger partial charge in [0.15, 0.2) is 0 Å². The maximum Gasteiger partial charge on any atom is 0.338 e. The molecule has 0 unspecified atom stereocenters. The molecule has 0 aliphatic rings. The Labute approximate surface area is 125 Å². The van der Waals surface area contributed by atoms with Crippen molar-refractivity contribution in [3.05, 3.63) is 58.1 Å². The highest BCUT2D eigenvalue weighted by atomic mass is 79.9. The number of nitrogens with two attached hydrogens (primary N) is 1. The molecule has 0 aliphatic carbocycles. The summed E-state index contributed by atoms with van der Waals surface area (Å²) in [5, 5.41) is 0. The van der Waals surface area contributed by atoms with Crippen LogP contribution in [-0.2, 0) is 11.3 Å². The molecular formula is C15H14BrNO3. The first-order valence-electron chi connectivity index (χ1n) is 5.94. The molecule has 2 aromatic carbocycles. The second-order valence-corrected chi connectivity index (χ2v) is 5.11.